The van der Waals surface area contributed by atoms with Gasteiger partial charge in [-0.05, 0) is 6.42 Å². The molecule has 4 N–H and O–H groups in total. The molecule has 15 heavy (non-hydrogen) atoms. The third kappa shape index (κ3) is 4.53. The maximum Gasteiger partial charge on any atom is 0.333 e. The third-order valence-corrected chi connectivity index (χ3v) is 3.27. The molecule has 0 rings (SSSR count). The summed E-state index contributed by atoms with van der Waals surface area (Å²) in [6.07, 6.45) is -0.0107. The fourth-order valence-corrected chi connectivity index (χ4v) is 1.59. The molecular formula is C7H15N2O5P. The summed E-state index contributed by atoms with van der Waals surface area (Å²) >= 11 is 0. The molecule has 0 saturated carbocycles. The highest BCUT2D eigenvalue weighted by Gasteiger charge is 2.31. The summed E-state index contributed by atoms with van der Waals surface area (Å²) in [4.78, 5) is 22.0. The average Bonchev–Trinajstić information content (AvgIpc) is 2.23. The number of ether oxygens (including phenoxy) is 1. The second-order valence-corrected chi connectivity index (χ2v) is 4.84. The average molecular weight is 238 g/mol. The standard InChI is InChI=1S/C7H15N2O5P/c1-13-6(10)4-3-5(8)7(11)15(9,12)14-2/h5H,3-4,8H2,1-2H3,(H2,9,12)/t5-,15?/m0/s1. The summed E-state index contributed by atoms with van der Waals surface area (Å²) in [6, 6.07) is -1.08. The zero-order valence-electron chi connectivity index (χ0n) is 8.63. The molecule has 2 atom stereocenters. The van der Waals surface area contributed by atoms with Gasteiger partial charge < -0.3 is 15.0 Å². The quantitative estimate of drug-likeness (QED) is 0.476. The van der Waals surface area contributed by atoms with Crippen molar-refractivity contribution in [3.63, 3.8) is 0 Å². The molecule has 0 fully saturated rings. The lowest BCUT2D eigenvalue weighted by Gasteiger charge is -2.13. The van der Waals surface area contributed by atoms with Gasteiger partial charge in [-0.2, -0.15) is 0 Å². The van der Waals surface area contributed by atoms with Crippen LogP contribution in [-0.4, -0.2) is 31.8 Å². The number of carbonyl (C=O) groups is 2. The van der Waals surface area contributed by atoms with Gasteiger partial charge in [0.1, 0.15) is 0 Å². The second-order valence-electron chi connectivity index (χ2n) is 2.84. The zero-order chi connectivity index (χ0) is 12.1. The lowest BCUT2D eigenvalue weighted by atomic mass is 10.2. The smallest absolute Gasteiger partial charge is 0.333 e. The number of hydrogen-bond acceptors (Lipinski definition) is 6. The van der Waals surface area contributed by atoms with Crippen molar-refractivity contribution < 1.29 is 23.4 Å². The predicted molar refractivity (Wildman–Crippen MR) is 53.0 cm³/mol. The number of carbonyl (C=O) groups excluding carboxylic acids is 2. The van der Waals surface area contributed by atoms with Crippen LogP contribution in [0.4, 0.5) is 0 Å². The number of hydrogen-bond donors (Lipinski definition) is 2. The molecule has 0 aliphatic heterocycles. The van der Waals surface area contributed by atoms with Gasteiger partial charge in [0.25, 0.3) is 0 Å². The molecule has 0 aromatic heterocycles. The first-order chi connectivity index (χ1) is 6.85. The summed E-state index contributed by atoms with van der Waals surface area (Å²) in [5, 5.41) is 0. The Bertz CT molecular complexity index is 293. The van der Waals surface area contributed by atoms with E-state index in [2.05, 4.69) is 9.26 Å². The first-order valence-electron chi connectivity index (χ1n) is 4.16. The van der Waals surface area contributed by atoms with E-state index in [4.69, 9.17) is 11.2 Å². The van der Waals surface area contributed by atoms with Gasteiger partial charge in [0.15, 0.2) is 0 Å². The van der Waals surface area contributed by atoms with E-state index in [-0.39, 0.29) is 12.8 Å². The van der Waals surface area contributed by atoms with Crippen LogP contribution in [0.3, 0.4) is 0 Å². The minimum Gasteiger partial charge on any atom is -0.469 e. The Hall–Kier alpha value is -0.750. The third-order valence-electron chi connectivity index (χ3n) is 1.78. The zero-order valence-corrected chi connectivity index (χ0v) is 9.53. The molecule has 0 aromatic carbocycles. The van der Waals surface area contributed by atoms with E-state index < -0.39 is 25.1 Å². The molecule has 0 aliphatic rings. The minimum absolute atomic E-state index is 0.0239. The van der Waals surface area contributed by atoms with Gasteiger partial charge in [0.05, 0.1) is 13.2 Å². The number of methoxy groups -OCH3 is 1. The van der Waals surface area contributed by atoms with E-state index in [1.54, 1.807) is 0 Å². The summed E-state index contributed by atoms with van der Waals surface area (Å²) in [7, 11) is -1.52. The van der Waals surface area contributed by atoms with Crippen molar-refractivity contribution >= 4 is 19.0 Å². The monoisotopic (exact) mass is 238 g/mol. The lowest BCUT2D eigenvalue weighted by Crippen LogP contribution is -2.33. The highest BCUT2D eigenvalue weighted by molar-refractivity contribution is 7.74. The Morgan fingerprint density at radius 3 is 2.33 bits per heavy atom. The summed E-state index contributed by atoms with van der Waals surface area (Å²) < 4.78 is 19.9. The Morgan fingerprint density at radius 2 is 1.93 bits per heavy atom. The topological polar surface area (TPSA) is 122 Å². The Balaban J connectivity index is 4.23. The van der Waals surface area contributed by atoms with Crippen molar-refractivity contribution in [1.29, 1.82) is 0 Å². The molecule has 0 aromatic rings. The fourth-order valence-electron chi connectivity index (χ4n) is 0.820. The van der Waals surface area contributed by atoms with E-state index in [0.717, 1.165) is 7.11 Å². The molecule has 0 saturated heterocycles. The van der Waals surface area contributed by atoms with Gasteiger partial charge >= 0.3 is 13.5 Å². The van der Waals surface area contributed by atoms with Crippen LogP contribution in [0.2, 0.25) is 0 Å². The van der Waals surface area contributed by atoms with Gasteiger partial charge in [0, 0.05) is 13.5 Å². The Kier molecular flexibility index (Phi) is 5.67. The van der Waals surface area contributed by atoms with E-state index in [0.29, 0.717) is 0 Å². The number of esters is 1. The van der Waals surface area contributed by atoms with Crippen LogP contribution in [-0.2, 0) is 23.4 Å². The summed E-state index contributed by atoms with van der Waals surface area (Å²) in [6.45, 7) is 0. The Morgan fingerprint density at radius 1 is 1.40 bits per heavy atom. The summed E-state index contributed by atoms with van der Waals surface area (Å²) in [5.74, 6) is -0.498. The van der Waals surface area contributed by atoms with Gasteiger partial charge in [-0.15, -0.1) is 0 Å². The van der Waals surface area contributed by atoms with Crippen molar-refractivity contribution in [3.05, 3.63) is 0 Å². The summed E-state index contributed by atoms with van der Waals surface area (Å²) in [5.41, 5.74) is 9.60. The van der Waals surface area contributed by atoms with Gasteiger partial charge in [-0.3, -0.25) is 19.7 Å². The van der Waals surface area contributed by atoms with Crippen LogP contribution < -0.4 is 11.2 Å². The minimum atomic E-state index is -3.81. The maximum atomic E-state index is 11.3. The number of rotatable bonds is 6. The van der Waals surface area contributed by atoms with Crippen LogP contribution in [0.1, 0.15) is 12.8 Å². The molecule has 0 aliphatic carbocycles. The fraction of sp³-hybridized carbons (Fsp3) is 0.714. The second kappa shape index (κ2) is 5.97. The Labute approximate surface area is 87.6 Å². The van der Waals surface area contributed by atoms with Gasteiger partial charge in [-0.25, -0.2) is 0 Å². The van der Waals surface area contributed by atoms with E-state index in [9.17, 15) is 14.2 Å². The largest absolute Gasteiger partial charge is 0.469 e. The van der Waals surface area contributed by atoms with Crippen LogP contribution in [0, 0.1) is 0 Å². The van der Waals surface area contributed by atoms with E-state index >= 15 is 0 Å². The first-order valence-corrected chi connectivity index (χ1v) is 5.85. The molecule has 1 unspecified atom stereocenters. The first kappa shape index (κ1) is 14.2. The molecule has 0 amide bonds. The van der Waals surface area contributed by atoms with Crippen molar-refractivity contribution in [2.45, 2.75) is 18.9 Å². The van der Waals surface area contributed by atoms with Gasteiger partial charge in [-0.1, -0.05) is 0 Å². The predicted octanol–water partition coefficient (Wildman–Crippen LogP) is -0.408. The normalized spacial score (nSPS) is 16.5. The van der Waals surface area contributed by atoms with E-state index in [1.807, 2.05) is 0 Å². The van der Waals surface area contributed by atoms with Crippen LogP contribution in [0.5, 0.6) is 0 Å². The molecule has 7 nitrogen and oxygen atoms in total. The van der Waals surface area contributed by atoms with Crippen molar-refractivity contribution in [2.24, 2.45) is 11.2 Å². The SMILES string of the molecule is COC(=O)CC[C@H](N)C(=O)P(N)(=O)OC. The van der Waals surface area contributed by atoms with E-state index in [1.165, 1.54) is 7.11 Å². The lowest BCUT2D eigenvalue weighted by molar-refractivity contribution is -0.140. The molecule has 0 heterocycles. The highest BCUT2D eigenvalue weighted by atomic mass is 31.2. The maximum absolute atomic E-state index is 11.3. The molecule has 0 spiro atoms. The van der Waals surface area contributed by atoms with Crippen molar-refractivity contribution in [1.82, 2.24) is 0 Å². The van der Waals surface area contributed by atoms with Gasteiger partial charge in [0.2, 0.25) is 5.52 Å². The highest BCUT2D eigenvalue weighted by Crippen LogP contribution is 2.38. The molecular weight excluding hydrogens is 223 g/mol. The van der Waals surface area contributed by atoms with Crippen LogP contribution in [0.25, 0.3) is 0 Å². The molecule has 0 radical (unpaired) electrons. The molecule has 8 heteroatoms. The van der Waals surface area contributed by atoms with Crippen molar-refractivity contribution in [2.75, 3.05) is 14.2 Å². The van der Waals surface area contributed by atoms with Crippen LogP contribution >= 0.6 is 7.52 Å². The van der Waals surface area contributed by atoms with Crippen molar-refractivity contribution in [3.8, 4) is 0 Å². The molecule has 88 valence electrons. The van der Waals surface area contributed by atoms with Crippen LogP contribution in [0.15, 0.2) is 0 Å². The number of nitrogens with two attached hydrogens (primary N) is 2. The molecule has 0 bridgehead atoms.